The molecule has 2 amide bonds. The number of amides is 2. The molecule has 28 heavy (non-hydrogen) atoms. The number of hydrogen-bond donors (Lipinski definition) is 2. The molecule has 1 saturated carbocycles. The van der Waals surface area contributed by atoms with Crippen LogP contribution in [0.1, 0.15) is 62.7 Å². The third-order valence-corrected chi connectivity index (χ3v) is 8.05. The number of thioether (sulfide) groups is 1. The zero-order valence-corrected chi connectivity index (χ0v) is 17.7. The molecule has 2 heterocycles. The molecule has 0 spiro atoms. The minimum atomic E-state index is -0.156. The Bertz CT molecular complexity index is 747. The van der Waals surface area contributed by atoms with Crippen LogP contribution in [0, 0.1) is 11.8 Å². The number of piperidine rings is 1. The van der Waals surface area contributed by atoms with Crippen LogP contribution in [0.15, 0.2) is 23.1 Å². The first kappa shape index (κ1) is 19.8. The number of nitrogens with zero attached hydrogens (tertiary/aromatic N) is 1. The first-order valence-electron chi connectivity index (χ1n) is 10.7. The van der Waals surface area contributed by atoms with Crippen LogP contribution >= 0.6 is 11.8 Å². The van der Waals surface area contributed by atoms with Gasteiger partial charge in [0.2, 0.25) is 0 Å². The van der Waals surface area contributed by atoms with Crippen molar-refractivity contribution in [2.45, 2.75) is 68.7 Å². The van der Waals surface area contributed by atoms with Crippen molar-refractivity contribution in [2.24, 2.45) is 11.8 Å². The van der Waals surface area contributed by atoms with Crippen molar-refractivity contribution in [3.8, 4) is 0 Å². The van der Waals surface area contributed by atoms with Gasteiger partial charge in [0, 0.05) is 16.5 Å². The van der Waals surface area contributed by atoms with E-state index in [9.17, 15) is 9.59 Å². The lowest BCUT2D eigenvalue weighted by atomic mass is 9.78. The van der Waals surface area contributed by atoms with E-state index in [1.807, 2.05) is 18.2 Å². The summed E-state index contributed by atoms with van der Waals surface area (Å²) in [5.41, 5.74) is 1.39. The van der Waals surface area contributed by atoms with Crippen LogP contribution in [-0.2, 0) is 4.79 Å². The Morgan fingerprint density at radius 1 is 1.14 bits per heavy atom. The number of anilines is 1. The molecular weight excluding hydrogens is 370 g/mol. The van der Waals surface area contributed by atoms with E-state index in [1.54, 1.807) is 11.8 Å². The van der Waals surface area contributed by atoms with E-state index in [-0.39, 0.29) is 23.2 Å². The molecule has 1 aromatic carbocycles. The Labute approximate surface area is 172 Å². The summed E-state index contributed by atoms with van der Waals surface area (Å²) in [7, 11) is 0. The molecule has 0 radical (unpaired) electrons. The average Bonchev–Trinajstić information content (AvgIpc) is 2.71. The molecule has 1 saturated heterocycles. The summed E-state index contributed by atoms with van der Waals surface area (Å²) < 4.78 is 0. The maximum absolute atomic E-state index is 12.8. The fraction of sp³-hybridized carbons (Fsp3) is 0.636. The number of carbonyl (C=O) groups excluding carboxylic acids is 2. The van der Waals surface area contributed by atoms with Crippen LogP contribution in [0.4, 0.5) is 5.69 Å². The number of likely N-dealkylation sites (tertiary alicyclic amines) is 1. The van der Waals surface area contributed by atoms with E-state index in [1.165, 1.54) is 19.3 Å². The fourth-order valence-corrected chi connectivity index (χ4v) is 5.82. The van der Waals surface area contributed by atoms with Gasteiger partial charge in [-0.05, 0) is 62.4 Å². The monoisotopic (exact) mass is 401 g/mol. The van der Waals surface area contributed by atoms with Crippen molar-refractivity contribution >= 4 is 29.3 Å². The van der Waals surface area contributed by atoms with Gasteiger partial charge >= 0.3 is 0 Å². The molecule has 4 rings (SSSR count). The Hall–Kier alpha value is -1.53. The summed E-state index contributed by atoms with van der Waals surface area (Å²) in [4.78, 5) is 28.8. The lowest BCUT2D eigenvalue weighted by Gasteiger charge is -2.36. The Kier molecular flexibility index (Phi) is 5.97. The van der Waals surface area contributed by atoms with Gasteiger partial charge in [0.15, 0.2) is 0 Å². The van der Waals surface area contributed by atoms with Gasteiger partial charge in [0.05, 0.1) is 5.69 Å². The summed E-state index contributed by atoms with van der Waals surface area (Å²) in [6.45, 7) is 6.48. The van der Waals surface area contributed by atoms with Gasteiger partial charge in [0.1, 0.15) is 5.37 Å². The highest BCUT2D eigenvalue weighted by molar-refractivity contribution is 8.00. The Balaban J connectivity index is 1.45. The molecule has 3 aliphatic rings. The largest absolute Gasteiger partial charge is 0.349 e. The second kappa shape index (κ2) is 8.46. The van der Waals surface area contributed by atoms with E-state index in [0.29, 0.717) is 17.4 Å². The maximum Gasteiger partial charge on any atom is 0.252 e. The van der Waals surface area contributed by atoms with Crippen molar-refractivity contribution < 1.29 is 9.59 Å². The van der Waals surface area contributed by atoms with Crippen LogP contribution in [-0.4, -0.2) is 41.2 Å². The zero-order chi connectivity index (χ0) is 19.7. The average molecular weight is 402 g/mol. The molecule has 0 aromatic heterocycles. The van der Waals surface area contributed by atoms with Gasteiger partial charge in [-0.25, -0.2) is 0 Å². The summed E-state index contributed by atoms with van der Waals surface area (Å²) in [6, 6.07) is 5.94. The lowest BCUT2D eigenvalue weighted by molar-refractivity contribution is -0.118. The smallest absolute Gasteiger partial charge is 0.252 e. The third-order valence-electron chi connectivity index (χ3n) is 6.71. The summed E-state index contributed by atoms with van der Waals surface area (Å²) in [5.74, 6) is 1.14. The van der Waals surface area contributed by atoms with Gasteiger partial charge < -0.3 is 10.6 Å². The fourth-order valence-electron chi connectivity index (χ4n) is 4.67. The van der Waals surface area contributed by atoms with Crippen molar-refractivity contribution in [1.29, 1.82) is 0 Å². The molecule has 6 heteroatoms. The first-order chi connectivity index (χ1) is 13.5. The highest BCUT2D eigenvalue weighted by Gasteiger charge is 2.33. The number of hydrogen-bond acceptors (Lipinski definition) is 4. The van der Waals surface area contributed by atoms with E-state index in [4.69, 9.17) is 0 Å². The summed E-state index contributed by atoms with van der Waals surface area (Å²) in [5, 5.41) is 6.11. The molecule has 5 nitrogen and oxygen atoms in total. The number of rotatable bonds is 3. The molecule has 0 bridgehead atoms. The molecule has 2 fully saturated rings. The predicted molar refractivity (Wildman–Crippen MR) is 114 cm³/mol. The number of benzene rings is 1. The van der Waals surface area contributed by atoms with Crippen molar-refractivity contribution in [1.82, 2.24) is 10.2 Å². The van der Waals surface area contributed by atoms with E-state index < -0.39 is 0 Å². The van der Waals surface area contributed by atoms with Crippen LogP contribution in [0.2, 0.25) is 0 Å². The maximum atomic E-state index is 12.8. The normalized spacial score (nSPS) is 31.0. The standard InChI is InChI=1S/C22H31N3O2S/c1-14-7-6-8-17(15(14)2)23-20(26)16-9-10-19-18(13-16)24-21(27)22(28-19)25-11-4-3-5-12-25/h9-10,13-15,17,22H,3-8,11-12H2,1-2H3,(H,23,26)(H,24,27). The van der Waals surface area contributed by atoms with Gasteiger partial charge in [-0.15, -0.1) is 0 Å². The number of nitrogens with one attached hydrogen (secondary N) is 2. The van der Waals surface area contributed by atoms with Crippen LogP contribution < -0.4 is 10.6 Å². The quantitative estimate of drug-likeness (QED) is 0.801. The van der Waals surface area contributed by atoms with E-state index in [0.717, 1.165) is 42.9 Å². The van der Waals surface area contributed by atoms with Gasteiger partial charge in [-0.1, -0.05) is 44.9 Å². The molecule has 2 aliphatic heterocycles. The lowest BCUT2D eigenvalue weighted by Crippen LogP contribution is -2.46. The number of carbonyl (C=O) groups is 2. The van der Waals surface area contributed by atoms with Crippen LogP contribution in [0.3, 0.4) is 0 Å². The minimum Gasteiger partial charge on any atom is -0.349 e. The van der Waals surface area contributed by atoms with Gasteiger partial charge in [-0.2, -0.15) is 0 Å². The van der Waals surface area contributed by atoms with Gasteiger partial charge in [-0.3, -0.25) is 14.5 Å². The van der Waals surface area contributed by atoms with E-state index >= 15 is 0 Å². The number of fused-ring (bicyclic) bond motifs is 1. The highest BCUT2D eigenvalue weighted by Crippen LogP contribution is 2.38. The molecular formula is C22H31N3O2S. The van der Waals surface area contributed by atoms with E-state index in [2.05, 4.69) is 29.4 Å². The molecule has 152 valence electrons. The second-order valence-electron chi connectivity index (χ2n) is 8.61. The molecule has 1 aliphatic carbocycles. The Morgan fingerprint density at radius 3 is 2.71 bits per heavy atom. The third kappa shape index (κ3) is 4.08. The predicted octanol–water partition coefficient (Wildman–Crippen LogP) is 4.10. The summed E-state index contributed by atoms with van der Waals surface area (Å²) >= 11 is 1.61. The summed E-state index contributed by atoms with van der Waals surface area (Å²) in [6.07, 6.45) is 7.04. The van der Waals surface area contributed by atoms with Crippen molar-refractivity contribution in [2.75, 3.05) is 18.4 Å². The first-order valence-corrected chi connectivity index (χ1v) is 11.6. The zero-order valence-electron chi connectivity index (χ0n) is 16.9. The second-order valence-corrected chi connectivity index (χ2v) is 9.74. The molecule has 4 unspecified atom stereocenters. The molecule has 4 atom stereocenters. The molecule has 1 aromatic rings. The Morgan fingerprint density at radius 2 is 1.93 bits per heavy atom. The van der Waals surface area contributed by atoms with Gasteiger partial charge in [0.25, 0.3) is 11.8 Å². The van der Waals surface area contributed by atoms with Crippen molar-refractivity contribution in [3.63, 3.8) is 0 Å². The minimum absolute atomic E-state index is 0.0340. The molecule has 2 N–H and O–H groups in total. The van der Waals surface area contributed by atoms with Crippen LogP contribution in [0.5, 0.6) is 0 Å². The highest BCUT2D eigenvalue weighted by atomic mass is 32.2. The SMILES string of the molecule is CC1CCCC(NC(=O)c2ccc3c(c2)NC(=O)C(N2CCCCC2)S3)C1C. The topological polar surface area (TPSA) is 61.4 Å². The van der Waals surface area contributed by atoms with Crippen molar-refractivity contribution in [3.05, 3.63) is 23.8 Å². The van der Waals surface area contributed by atoms with Crippen LogP contribution in [0.25, 0.3) is 0 Å².